The normalized spacial score (nSPS) is 17.2. The van der Waals surface area contributed by atoms with Gasteiger partial charge in [0.2, 0.25) is 0 Å². The molecular weight excluding hydrogens is 292 g/mol. The van der Waals surface area contributed by atoms with Crippen molar-refractivity contribution in [2.24, 2.45) is 10.4 Å². The quantitative estimate of drug-likeness (QED) is 0.569. The minimum Gasteiger partial charge on any atom is -0.385 e. The summed E-state index contributed by atoms with van der Waals surface area (Å²) in [6, 6.07) is 2.00. The van der Waals surface area contributed by atoms with E-state index in [1.54, 1.807) is 14.2 Å². The van der Waals surface area contributed by atoms with Crippen LogP contribution in [0.3, 0.4) is 0 Å². The van der Waals surface area contributed by atoms with Gasteiger partial charge in [-0.25, -0.2) is 0 Å². The lowest BCUT2D eigenvalue weighted by molar-refractivity contribution is 0.0732. The van der Waals surface area contributed by atoms with Crippen molar-refractivity contribution in [3.63, 3.8) is 0 Å². The lowest BCUT2D eigenvalue weighted by atomic mass is 9.67. The lowest BCUT2D eigenvalue weighted by Crippen LogP contribution is -2.46. The highest BCUT2D eigenvalue weighted by atomic mass is 16.5. The number of rotatable bonds is 8. The maximum absolute atomic E-state index is 5.34. The van der Waals surface area contributed by atoms with Crippen LogP contribution in [-0.4, -0.2) is 38.4 Å². The van der Waals surface area contributed by atoms with Gasteiger partial charge in [0, 0.05) is 33.4 Å². The Hall–Kier alpha value is -1.56. The van der Waals surface area contributed by atoms with Gasteiger partial charge >= 0.3 is 0 Å². The Morgan fingerprint density at radius 2 is 2.22 bits per heavy atom. The SMILES string of the molecule is CN=C(NCc1cc(C(C)C)no1)NCC1(CCOC)CCC1. The van der Waals surface area contributed by atoms with Crippen LogP contribution in [0.15, 0.2) is 15.6 Å². The maximum Gasteiger partial charge on any atom is 0.191 e. The van der Waals surface area contributed by atoms with Gasteiger partial charge < -0.3 is 19.9 Å². The summed E-state index contributed by atoms with van der Waals surface area (Å²) >= 11 is 0. The fraction of sp³-hybridized carbons (Fsp3) is 0.765. The van der Waals surface area contributed by atoms with Crippen LogP contribution in [0.1, 0.15) is 56.9 Å². The molecule has 1 fully saturated rings. The summed E-state index contributed by atoms with van der Waals surface area (Å²) in [5, 5.41) is 10.8. The summed E-state index contributed by atoms with van der Waals surface area (Å²) in [6.45, 7) is 6.55. The van der Waals surface area contributed by atoms with E-state index in [4.69, 9.17) is 9.26 Å². The molecule has 0 unspecified atom stereocenters. The molecule has 0 radical (unpaired) electrons. The summed E-state index contributed by atoms with van der Waals surface area (Å²) < 4.78 is 10.6. The lowest BCUT2D eigenvalue weighted by Gasteiger charge is -2.42. The fourth-order valence-electron chi connectivity index (χ4n) is 2.86. The van der Waals surface area contributed by atoms with Gasteiger partial charge in [-0.1, -0.05) is 25.4 Å². The minimum absolute atomic E-state index is 0.366. The summed E-state index contributed by atoms with van der Waals surface area (Å²) in [5.74, 6) is 2.01. The van der Waals surface area contributed by atoms with E-state index in [1.807, 2.05) is 6.07 Å². The van der Waals surface area contributed by atoms with Gasteiger partial charge in [-0.15, -0.1) is 0 Å². The number of hydrogen-bond acceptors (Lipinski definition) is 4. The van der Waals surface area contributed by atoms with Crippen LogP contribution < -0.4 is 10.6 Å². The average Bonchev–Trinajstić information content (AvgIpc) is 2.98. The summed E-state index contributed by atoms with van der Waals surface area (Å²) in [4.78, 5) is 4.29. The second-order valence-corrected chi connectivity index (χ2v) is 6.75. The van der Waals surface area contributed by atoms with Crippen molar-refractivity contribution in [3.05, 3.63) is 17.5 Å². The van der Waals surface area contributed by atoms with E-state index in [1.165, 1.54) is 19.3 Å². The van der Waals surface area contributed by atoms with Crippen LogP contribution in [0, 0.1) is 5.41 Å². The number of hydrogen-bond donors (Lipinski definition) is 2. The molecule has 1 aliphatic carbocycles. The first kappa shape index (κ1) is 17.8. The smallest absolute Gasteiger partial charge is 0.191 e. The predicted octanol–water partition coefficient (Wildman–Crippen LogP) is 2.67. The topological polar surface area (TPSA) is 71.7 Å². The standard InChI is InChI=1S/C17H30N4O2/c1-13(2)15-10-14(23-21-15)11-19-16(18-3)20-12-17(6-5-7-17)8-9-22-4/h10,13H,5-9,11-12H2,1-4H3,(H2,18,19,20). The first-order chi connectivity index (χ1) is 11.1. The van der Waals surface area contributed by atoms with Crippen LogP contribution >= 0.6 is 0 Å². The number of ether oxygens (including phenoxy) is 1. The monoisotopic (exact) mass is 322 g/mol. The summed E-state index contributed by atoms with van der Waals surface area (Å²) in [7, 11) is 3.56. The number of aromatic nitrogens is 1. The Labute approximate surface area is 139 Å². The summed E-state index contributed by atoms with van der Waals surface area (Å²) in [6.07, 6.45) is 4.95. The molecule has 2 rings (SSSR count). The molecule has 0 saturated heterocycles. The summed E-state index contributed by atoms with van der Waals surface area (Å²) in [5.41, 5.74) is 1.35. The highest BCUT2D eigenvalue weighted by Gasteiger charge is 2.36. The van der Waals surface area contributed by atoms with Crippen LogP contribution in [-0.2, 0) is 11.3 Å². The van der Waals surface area contributed by atoms with Crippen molar-refractivity contribution in [2.75, 3.05) is 27.3 Å². The van der Waals surface area contributed by atoms with Gasteiger partial charge in [-0.2, -0.15) is 0 Å². The Kier molecular flexibility index (Phi) is 6.45. The minimum atomic E-state index is 0.366. The number of nitrogens with zero attached hydrogens (tertiary/aromatic N) is 2. The van der Waals surface area contributed by atoms with E-state index in [-0.39, 0.29) is 0 Å². The van der Waals surface area contributed by atoms with Crippen molar-refractivity contribution in [1.82, 2.24) is 15.8 Å². The number of methoxy groups -OCH3 is 1. The van der Waals surface area contributed by atoms with Crippen LogP contribution in [0.25, 0.3) is 0 Å². The second kappa shape index (κ2) is 8.34. The molecule has 1 heterocycles. The van der Waals surface area contributed by atoms with Crippen molar-refractivity contribution in [2.45, 2.75) is 52.0 Å². The van der Waals surface area contributed by atoms with Gasteiger partial charge in [-0.05, 0) is 30.6 Å². The van der Waals surface area contributed by atoms with E-state index < -0.39 is 0 Å². The van der Waals surface area contributed by atoms with Crippen LogP contribution in [0.2, 0.25) is 0 Å². The first-order valence-electron chi connectivity index (χ1n) is 8.47. The zero-order chi connectivity index (χ0) is 16.7. The Balaban J connectivity index is 1.78. The average molecular weight is 322 g/mol. The predicted molar refractivity (Wildman–Crippen MR) is 91.6 cm³/mol. The van der Waals surface area contributed by atoms with Crippen molar-refractivity contribution < 1.29 is 9.26 Å². The zero-order valence-electron chi connectivity index (χ0n) is 14.8. The third-order valence-electron chi connectivity index (χ3n) is 4.70. The fourth-order valence-corrected chi connectivity index (χ4v) is 2.86. The van der Waals surface area contributed by atoms with E-state index in [0.717, 1.165) is 37.0 Å². The van der Waals surface area contributed by atoms with Gasteiger partial charge in [0.25, 0.3) is 0 Å². The van der Waals surface area contributed by atoms with E-state index in [0.29, 0.717) is 17.9 Å². The third-order valence-corrected chi connectivity index (χ3v) is 4.70. The number of nitrogens with one attached hydrogen (secondary N) is 2. The highest BCUT2D eigenvalue weighted by Crippen LogP contribution is 2.43. The third kappa shape index (κ3) is 4.96. The van der Waals surface area contributed by atoms with Crippen molar-refractivity contribution >= 4 is 5.96 Å². The molecule has 1 aliphatic rings. The molecule has 6 heteroatoms. The Morgan fingerprint density at radius 3 is 2.74 bits per heavy atom. The second-order valence-electron chi connectivity index (χ2n) is 6.75. The van der Waals surface area contributed by atoms with Crippen LogP contribution in [0.5, 0.6) is 0 Å². The van der Waals surface area contributed by atoms with Crippen molar-refractivity contribution in [1.29, 1.82) is 0 Å². The molecular formula is C17H30N4O2. The highest BCUT2D eigenvalue weighted by molar-refractivity contribution is 5.79. The molecule has 0 bridgehead atoms. The van der Waals surface area contributed by atoms with Crippen LogP contribution in [0.4, 0.5) is 0 Å². The molecule has 0 aromatic carbocycles. The zero-order valence-corrected chi connectivity index (χ0v) is 14.8. The first-order valence-corrected chi connectivity index (χ1v) is 8.47. The van der Waals surface area contributed by atoms with E-state index in [2.05, 4.69) is 34.6 Å². The Morgan fingerprint density at radius 1 is 1.43 bits per heavy atom. The molecule has 130 valence electrons. The van der Waals surface area contributed by atoms with Gasteiger partial charge in [-0.3, -0.25) is 4.99 Å². The van der Waals surface area contributed by atoms with Gasteiger partial charge in [0.05, 0.1) is 12.2 Å². The molecule has 23 heavy (non-hydrogen) atoms. The molecule has 2 N–H and O–H groups in total. The largest absolute Gasteiger partial charge is 0.385 e. The molecule has 0 atom stereocenters. The van der Waals surface area contributed by atoms with Gasteiger partial charge in [0.1, 0.15) is 0 Å². The number of guanidine groups is 1. The molecule has 1 saturated carbocycles. The molecule has 6 nitrogen and oxygen atoms in total. The Bertz CT molecular complexity index is 506. The molecule has 1 aromatic heterocycles. The van der Waals surface area contributed by atoms with E-state index in [9.17, 15) is 0 Å². The van der Waals surface area contributed by atoms with Crippen molar-refractivity contribution in [3.8, 4) is 0 Å². The molecule has 0 aliphatic heterocycles. The maximum atomic E-state index is 5.34. The number of aliphatic imine (C=N–C) groups is 1. The molecule has 0 amide bonds. The molecule has 1 aromatic rings. The van der Waals surface area contributed by atoms with Gasteiger partial charge in [0.15, 0.2) is 11.7 Å². The van der Waals surface area contributed by atoms with E-state index >= 15 is 0 Å². The molecule has 0 spiro atoms.